The number of hydrogen-bond donors (Lipinski definition) is 1. The van der Waals surface area contributed by atoms with Crippen molar-refractivity contribution in [3.63, 3.8) is 0 Å². The largest absolute Gasteiger partial charge is 0.349 e. The maximum absolute atomic E-state index is 12.3. The highest BCUT2D eigenvalue weighted by Crippen LogP contribution is 2.22. The number of amides is 1. The summed E-state index contributed by atoms with van der Waals surface area (Å²) in [6.45, 7) is 6.01. The van der Waals surface area contributed by atoms with Gasteiger partial charge in [0.25, 0.3) is 0 Å². The van der Waals surface area contributed by atoms with Crippen LogP contribution in [0.3, 0.4) is 0 Å². The molecule has 0 fully saturated rings. The van der Waals surface area contributed by atoms with E-state index in [1.54, 1.807) is 4.68 Å². The predicted molar refractivity (Wildman–Crippen MR) is 107 cm³/mol. The zero-order valence-electron chi connectivity index (χ0n) is 15.3. The van der Waals surface area contributed by atoms with Crippen LogP contribution >= 0.6 is 23.4 Å². The summed E-state index contributed by atoms with van der Waals surface area (Å²) in [7, 11) is 0. The van der Waals surface area contributed by atoms with E-state index in [2.05, 4.69) is 20.8 Å². The van der Waals surface area contributed by atoms with E-state index >= 15 is 0 Å². The van der Waals surface area contributed by atoms with E-state index in [9.17, 15) is 4.79 Å². The van der Waals surface area contributed by atoms with Gasteiger partial charge in [-0.25, -0.2) is 0 Å². The highest BCUT2D eigenvalue weighted by atomic mass is 35.5. The number of tetrazole rings is 1. The fourth-order valence-corrected chi connectivity index (χ4v) is 3.45. The van der Waals surface area contributed by atoms with Crippen LogP contribution < -0.4 is 5.32 Å². The summed E-state index contributed by atoms with van der Waals surface area (Å²) in [5.74, 6) is 0.140. The van der Waals surface area contributed by atoms with Crippen LogP contribution in [-0.4, -0.2) is 31.9 Å². The van der Waals surface area contributed by atoms with Gasteiger partial charge in [-0.15, -0.1) is 5.10 Å². The summed E-state index contributed by atoms with van der Waals surface area (Å²) in [4.78, 5) is 12.3. The number of nitrogens with one attached hydrogen (secondary N) is 1. The Morgan fingerprint density at radius 2 is 1.96 bits per heavy atom. The lowest BCUT2D eigenvalue weighted by molar-refractivity contribution is -0.119. The number of carbonyl (C=O) groups is 1. The van der Waals surface area contributed by atoms with Gasteiger partial charge in [0, 0.05) is 5.02 Å². The highest BCUT2D eigenvalue weighted by Gasteiger charge is 2.15. The van der Waals surface area contributed by atoms with E-state index in [0.29, 0.717) is 10.2 Å². The van der Waals surface area contributed by atoms with Crippen molar-refractivity contribution in [2.45, 2.75) is 32.0 Å². The van der Waals surface area contributed by atoms with Crippen molar-refractivity contribution in [3.8, 4) is 5.69 Å². The molecular weight excluding hydrogens is 382 g/mol. The van der Waals surface area contributed by atoms with E-state index in [0.717, 1.165) is 22.4 Å². The third kappa shape index (κ3) is 4.67. The molecule has 1 aromatic heterocycles. The third-order valence-electron chi connectivity index (χ3n) is 4.32. The SMILES string of the molecule is Cc1cccc(-n2nnnc2SCC(=O)N[C@@H](C)c2ccc(Cl)cc2)c1C. The zero-order chi connectivity index (χ0) is 19.4. The van der Waals surface area contributed by atoms with E-state index in [4.69, 9.17) is 11.6 Å². The van der Waals surface area contributed by atoms with E-state index in [-0.39, 0.29) is 17.7 Å². The molecule has 0 radical (unpaired) electrons. The standard InChI is InChI=1S/C19H20ClN5OS/c1-12-5-4-6-17(13(12)2)25-19(22-23-24-25)27-11-18(26)21-14(3)15-7-9-16(20)10-8-15/h4-10,14H,11H2,1-3H3,(H,21,26)/t14-/m0/s1. The quantitative estimate of drug-likeness (QED) is 0.634. The summed E-state index contributed by atoms with van der Waals surface area (Å²) >= 11 is 7.21. The molecule has 0 unspecified atom stereocenters. The summed E-state index contributed by atoms with van der Waals surface area (Å²) in [5, 5.41) is 16.1. The van der Waals surface area contributed by atoms with Crippen molar-refractivity contribution in [1.82, 2.24) is 25.5 Å². The molecule has 3 aromatic rings. The fraction of sp³-hybridized carbons (Fsp3) is 0.263. The van der Waals surface area contributed by atoms with Gasteiger partial charge in [0.15, 0.2) is 0 Å². The molecule has 0 aliphatic heterocycles. The average molecular weight is 402 g/mol. The Kier molecular flexibility index (Phi) is 6.13. The number of nitrogens with zero attached hydrogens (tertiary/aromatic N) is 4. The lowest BCUT2D eigenvalue weighted by Gasteiger charge is -2.14. The summed E-state index contributed by atoms with van der Waals surface area (Å²) in [6.07, 6.45) is 0. The Morgan fingerprint density at radius 3 is 2.70 bits per heavy atom. The van der Waals surface area contributed by atoms with Crippen molar-refractivity contribution in [1.29, 1.82) is 0 Å². The monoisotopic (exact) mass is 401 g/mol. The van der Waals surface area contributed by atoms with Gasteiger partial charge in [-0.1, -0.05) is 47.6 Å². The Morgan fingerprint density at radius 1 is 1.22 bits per heavy atom. The molecule has 0 aliphatic rings. The highest BCUT2D eigenvalue weighted by molar-refractivity contribution is 7.99. The average Bonchev–Trinajstić information content (AvgIpc) is 3.11. The maximum atomic E-state index is 12.3. The summed E-state index contributed by atoms with van der Waals surface area (Å²) in [6, 6.07) is 13.3. The van der Waals surface area contributed by atoms with Crippen molar-refractivity contribution in [2.75, 3.05) is 5.75 Å². The minimum atomic E-state index is -0.106. The van der Waals surface area contributed by atoms with Crippen molar-refractivity contribution >= 4 is 29.3 Å². The zero-order valence-corrected chi connectivity index (χ0v) is 16.9. The minimum Gasteiger partial charge on any atom is -0.349 e. The lowest BCUT2D eigenvalue weighted by atomic mass is 10.1. The molecule has 8 heteroatoms. The first kappa shape index (κ1) is 19.4. The number of rotatable bonds is 6. The summed E-state index contributed by atoms with van der Waals surface area (Å²) in [5.41, 5.74) is 4.18. The first-order chi connectivity index (χ1) is 13.0. The predicted octanol–water partition coefficient (Wildman–Crippen LogP) is 3.90. The van der Waals surface area contributed by atoms with Gasteiger partial charge < -0.3 is 5.32 Å². The number of halogens is 1. The molecule has 1 N–H and O–H groups in total. The molecule has 27 heavy (non-hydrogen) atoms. The molecule has 3 rings (SSSR count). The normalized spacial score (nSPS) is 12.0. The van der Waals surface area contributed by atoms with Crippen molar-refractivity contribution in [2.24, 2.45) is 0 Å². The summed E-state index contributed by atoms with van der Waals surface area (Å²) < 4.78 is 1.67. The van der Waals surface area contributed by atoms with Gasteiger partial charge in [0.2, 0.25) is 11.1 Å². The van der Waals surface area contributed by atoms with Gasteiger partial charge >= 0.3 is 0 Å². The molecule has 1 heterocycles. The smallest absolute Gasteiger partial charge is 0.230 e. The van der Waals surface area contributed by atoms with Crippen LogP contribution in [0.2, 0.25) is 5.02 Å². The Bertz CT molecular complexity index is 942. The van der Waals surface area contributed by atoms with Gasteiger partial charge in [-0.3, -0.25) is 4.79 Å². The first-order valence-electron chi connectivity index (χ1n) is 8.48. The number of thioether (sulfide) groups is 1. The van der Waals surface area contributed by atoms with Gasteiger partial charge in [-0.05, 0) is 66.1 Å². The van der Waals surface area contributed by atoms with E-state index < -0.39 is 0 Å². The van der Waals surface area contributed by atoms with E-state index in [1.807, 2.05) is 63.2 Å². The molecule has 0 aliphatic carbocycles. The third-order valence-corrected chi connectivity index (χ3v) is 5.50. The van der Waals surface area contributed by atoms with E-state index in [1.165, 1.54) is 11.8 Å². The number of benzene rings is 2. The fourth-order valence-electron chi connectivity index (χ4n) is 2.63. The van der Waals surface area contributed by atoms with Crippen LogP contribution in [0.1, 0.15) is 29.7 Å². The number of carbonyl (C=O) groups excluding carboxylic acids is 1. The second kappa shape index (κ2) is 8.54. The van der Waals surface area contributed by atoms with Crippen LogP contribution in [0, 0.1) is 13.8 Å². The van der Waals surface area contributed by atoms with Crippen LogP contribution in [0.15, 0.2) is 47.6 Å². The Balaban J connectivity index is 1.64. The molecule has 0 spiro atoms. The van der Waals surface area contributed by atoms with Crippen LogP contribution in [0.5, 0.6) is 0 Å². The number of aromatic nitrogens is 4. The second-order valence-electron chi connectivity index (χ2n) is 6.22. The molecule has 0 bridgehead atoms. The lowest BCUT2D eigenvalue weighted by Crippen LogP contribution is -2.28. The molecule has 1 atom stereocenters. The van der Waals surface area contributed by atoms with Crippen molar-refractivity contribution < 1.29 is 4.79 Å². The maximum Gasteiger partial charge on any atom is 0.230 e. The molecule has 1 amide bonds. The first-order valence-corrected chi connectivity index (χ1v) is 9.84. The van der Waals surface area contributed by atoms with Gasteiger partial charge in [0.1, 0.15) is 0 Å². The van der Waals surface area contributed by atoms with Gasteiger partial charge in [0.05, 0.1) is 17.5 Å². The van der Waals surface area contributed by atoms with Crippen LogP contribution in [-0.2, 0) is 4.79 Å². The van der Waals surface area contributed by atoms with Gasteiger partial charge in [-0.2, -0.15) is 4.68 Å². The van der Waals surface area contributed by atoms with Crippen LogP contribution in [0.4, 0.5) is 0 Å². The molecule has 0 saturated carbocycles. The Labute approximate surface area is 167 Å². The second-order valence-corrected chi connectivity index (χ2v) is 7.60. The van der Waals surface area contributed by atoms with Crippen molar-refractivity contribution in [3.05, 3.63) is 64.2 Å². The Hall–Kier alpha value is -2.38. The molecular formula is C19H20ClN5OS. The minimum absolute atomic E-state index is 0.0852. The van der Waals surface area contributed by atoms with Crippen LogP contribution in [0.25, 0.3) is 5.69 Å². The topological polar surface area (TPSA) is 72.7 Å². The number of aryl methyl sites for hydroxylation is 1. The molecule has 6 nitrogen and oxygen atoms in total. The number of hydrogen-bond acceptors (Lipinski definition) is 5. The molecule has 0 saturated heterocycles. The molecule has 140 valence electrons. The molecule has 2 aromatic carbocycles.